The Morgan fingerprint density at radius 3 is 2.86 bits per heavy atom. The summed E-state index contributed by atoms with van der Waals surface area (Å²) in [6.07, 6.45) is 1.55. The van der Waals surface area contributed by atoms with Crippen LogP contribution in [-0.4, -0.2) is 24.1 Å². The third kappa shape index (κ3) is 3.95. The summed E-state index contributed by atoms with van der Waals surface area (Å²) in [6.45, 7) is 1.03. The first kappa shape index (κ1) is 10.6. The quantitative estimate of drug-likeness (QED) is 0.649. The molecule has 2 amide bonds. The van der Waals surface area contributed by atoms with Crippen molar-refractivity contribution in [3.05, 3.63) is 23.4 Å². The third-order valence-corrected chi connectivity index (χ3v) is 1.68. The van der Waals surface area contributed by atoms with Crippen LogP contribution in [0.4, 0.5) is 10.6 Å². The molecule has 76 valence electrons. The summed E-state index contributed by atoms with van der Waals surface area (Å²) in [7, 11) is 0. The lowest BCUT2D eigenvalue weighted by atomic mass is 10.4. The number of nitrogens with two attached hydrogens (primary N) is 1. The van der Waals surface area contributed by atoms with E-state index < -0.39 is 6.03 Å². The second kappa shape index (κ2) is 5.29. The molecule has 0 fully saturated rings. The van der Waals surface area contributed by atoms with Gasteiger partial charge in [-0.05, 0) is 12.1 Å². The van der Waals surface area contributed by atoms with Gasteiger partial charge in [-0.25, -0.2) is 9.78 Å². The molecular weight excluding hydrogens is 204 g/mol. The monoisotopic (exact) mass is 214 g/mol. The Labute approximate surface area is 86.7 Å². The zero-order valence-electron chi connectivity index (χ0n) is 7.46. The minimum Gasteiger partial charge on any atom is -0.368 e. The molecule has 1 heterocycles. The third-order valence-electron chi connectivity index (χ3n) is 1.46. The summed E-state index contributed by atoms with van der Waals surface area (Å²) in [5, 5.41) is 6.03. The first-order valence-corrected chi connectivity index (χ1v) is 4.45. The topological polar surface area (TPSA) is 80.0 Å². The summed E-state index contributed by atoms with van der Waals surface area (Å²) >= 11 is 5.65. The minimum atomic E-state index is -0.532. The van der Waals surface area contributed by atoms with Crippen molar-refractivity contribution in [2.75, 3.05) is 18.4 Å². The molecule has 14 heavy (non-hydrogen) atoms. The van der Waals surface area contributed by atoms with E-state index in [-0.39, 0.29) is 0 Å². The van der Waals surface area contributed by atoms with Crippen LogP contribution in [0.1, 0.15) is 0 Å². The Morgan fingerprint density at radius 2 is 2.29 bits per heavy atom. The fraction of sp³-hybridized carbons (Fsp3) is 0.250. The summed E-state index contributed by atoms with van der Waals surface area (Å²) in [6, 6.07) is 2.96. The molecule has 4 N–H and O–H groups in total. The van der Waals surface area contributed by atoms with Crippen molar-refractivity contribution >= 4 is 23.4 Å². The largest absolute Gasteiger partial charge is 0.368 e. The number of nitrogens with one attached hydrogen (secondary N) is 2. The maximum Gasteiger partial charge on any atom is 0.312 e. The van der Waals surface area contributed by atoms with Gasteiger partial charge in [0.15, 0.2) is 0 Å². The highest BCUT2D eigenvalue weighted by Gasteiger charge is 1.93. The van der Waals surface area contributed by atoms with Crippen LogP contribution in [0.25, 0.3) is 0 Å². The van der Waals surface area contributed by atoms with Gasteiger partial charge in [0.05, 0.1) is 5.02 Å². The van der Waals surface area contributed by atoms with Gasteiger partial charge in [0.2, 0.25) is 0 Å². The van der Waals surface area contributed by atoms with E-state index in [0.717, 1.165) is 0 Å². The van der Waals surface area contributed by atoms with E-state index in [4.69, 9.17) is 17.3 Å². The van der Waals surface area contributed by atoms with Gasteiger partial charge in [-0.3, -0.25) is 0 Å². The van der Waals surface area contributed by atoms with Gasteiger partial charge in [-0.15, -0.1) is 0 Å². The molecular formula is C8H11ClN4O. The maximum absolute atomic E-state index is 10.3. The Bertz CT molecular complexity index is 301. The number of nitrogens with zero attached hydrogens (tertiary/aromatic N) is 1. The number of rotatable bonds is 4. The SMILES string of the molecule is NC(=O)NCCNc1ccc(Cl)cn1. The average molecular weight is 215 g/mol. The molecule has 5 nitrogen and oxygen atoms in total. The summed E-state index contributed by atoms with van der Waals surface area (Å²) in [4.78, 5) is 14.3. The molecule has 0 bridgehead atoms. The maximum atomic E-state index is 10.3. The van der Waals surface area contributed by atoms with E-state index in [9.17, 15) is 4.79 Å². The standard InChI is InChI=1S/C8H11ClN4O/c9-6-1-2-7(13-5-6)11-3-4-12-8(10)14/h1-2,5H,3-4H2,(H,11,13)(H3,10,12,14). The number of carbonyl (C=O) groups excluding carboxylic acids is 1. The van der Waals surface area contributed by atoms with Crippen molar-refractivity contribution in [3.8, 4) is 0 Å². The molecule has 1 aromatic rings. The molecule has 0 aliphatic heterocycles. The van der Waals surface area contributed by atoms with Crippen molar-refractivity contribution in [1.82, 2.24) is 10.3 Å². The zero-order chi connectivity index (χ0) is 10.4. The number of carbonyl (C=O) groups is 1. The summed E-state index contributed by atoms with van der Waals surface area (Å²) < 4.78 is 0. The highest BCUT2D eigenvalue weighted by molar-refractivity contribution is 6.30. The van der Waals surface area contributed by atoms with Crippen LogP contribution in [0.2, 0.25) is 5.02 Å². The first-order chi connectivity index (χ1) is 6.68. The summed E-state index contributed by atoms with van der Waals surface area (Å²) in [5.74, 6) is 0.709. The van der Waals surface area contributed by atoms with Crippen LogP contribution in [0.3, 0.4) is 0 Å². The number of urea groups is 1. The fourth-order valence-corrected chi connectivity index (χ4v) is 0.968. The lowest BCUT2D eigenvalue weighted by Gasteiger charge is -2.05. The second-order valence-corrected chi connectivity index (χ2v) is 3.02. The first-order valence-electron chi connectivity index (χ1n) is 4.07. The van der Waals surface area contributed by atoms with Gasteiger partial charge in [-0.1, -0.05) is 11.6 Å². The molecule has 0 aliphatic carbocycles. The molecule has 0 spiro atoms. The van der Waals surface area contributed by atoms with Gasteiger partial charge < -0.3 is 16.4 Å². The van der Waals surface area contributed by atoms with Crippen LogP contribution >= 0.6 is 11.6 Å². The van der Waals surface area contributed by atoms with Gasteiger partial charge in [0, 0.05) is 19.3 Å². The highest BCUT2D eigenvalue weighted by Crippen LogP contribution is 2.08. The number of primary amides is 1. The molecule has 6 heteroatoms. The summed E-state index contributed by atoms with van der Waals surface area (Å²) in [5.41, 5.74) is 4.88. The van der Waals surface area contributed by atoms with Crippen molar-refractivity contribution in [3.63, 3.8) is 0 Å². The molecule has 0 aliphatic rings. The van der Waals surface area contributed by atoms with Crippen LogP contribution < -0.4 is 16.4 Å². The molecule has 0 radical (unpaired) electrons. The smallest absolute Gasteiger partial charge is 0.312 e. The Kier molecular flexibility index (Phi) is 4.00. The molecule has 0 saturated carbocycles. The Morgan fingerprint density at radius 1 is 1.50 bits per heavy atom. The molecule has 0 saturated heterocycles. The number of halogens is 1. The molecule has 1 aromatic heterocycles. The Balaban J connectivity index is 2.25. The van der Waals surface area contributed by atoms with Gasteiger partial charge >= 0.3 is 6.03 Å². The van der Waals surface area contributed by atoms with Crippen molar-refractivity contribution in [1.29, 1.82) is 0 Å². The van der Waals surface area contributed by atoms with Crippen LogP contribution in [0.5, 0.6) is 0 Å². The number of hydrogen-bond donors (Lipinski definition) is 3. The Hall–Kier alpha value is -1.49. The van der Waals surface area contributed by atoms with Crippen LogP contribution in [0, 0.1) is 0 Å². The molecule has 0 unspecified atom stereocenters. The number of hydrogen-bond acceptors (Lipinski definition) is 3. The van der Waals surface area contributed by atoms with Crippen molar-refractivity contribution in [2.45, 2.75) is 0 Å². The van der Waals surface area contributed by atoms with Crippen molar-refractivity contribution < 1.29 is 4.79 Å². The number of anilines is 1. The van der Waals surface area contributed by atoms with E-state index in [0.29, 0.717) is 23.9 Å². The van der Waals surface area contributed by atoms with E-state index in [1.165, 1.54) is 0 Å². The molecule has 1 rings (SSSR count). The zero-order valence-corrected chi connectivity index (χ0v) is 8.21. The second-order valence-electron chi connectivity index (χ2n) is 2.58. The van der Waals surface area contributed by atoms with E-state index >= 15 is 0 Å². The van der Waals surface area contributed by atoms with Gasteiger partial charge in [0.1, 0.15) is 5.82 Å². The van der Waals surface area contributed by atoms with E-state index in [1.54, 1.807) is 18.3 Å². The number of amides is 2. The van der Waals surface area contributed by atoms with Crippen LogP contribution in [0.15, 0.2) is 18.3 Å². The van der Waals surface area contributed by atoms with Crippen LogP contribution in [-0.2, 0) is 0 Å². The lowest BCUT2D eigenvalue weighted by molar-refractivity contribution is 0.249. The van der Waals surface area contributed by atoms with Gasteiger partial charge in [0.25, 0.3) is 0 Å². The van der Waals surface area contributed by atoms with Gasteiger partial charge in [-0.2, -0.15) is 0 Å². The molecule has 0 atom stereocenters. The van der Waals surface area contributed by atoms with Crippen molar-refractivity contribution in [2.24, 2.45) is 5.73 Å². The molecule has 0 aromatic carbocycles. The lowest BCUT2D eigenvalue weighted by Crippen LogP contribution is -2.33. The highest BCUT2D eigenvalue weighted by atomic mass is 35.5. The number of aromatic nitrogens is 1. The fourth-order valence-electron chi connectivity index (χ4n) is 0.857. The predicted octanol–water partition coefficient (Wildman–Crippen LogP) is 0.815. The number of pyridine rings is 1. The predicted molar refractivity (Wildman–Crippen MR) is 55.3 cm³/mol. The average Bonchev–Trinajstić information content (AvgIpc) is 2.15. The van der Waals surface area contributed by atoms with E-state index in [1.807, 2.05) is 0 Å². The minimum absolute atomic E-state index is 0.458. The van der Waals surface area contributed by atoms with E-state index in [2.05, 4.69) is 15.6 Å². The normalized spacial score (nSPS) is 9.50.